The standard InChI is InChI=1S/C25H23N3O3/c29-20-10-6-18(7-11-20)15-24(31)28-25-22(14-17-4-2-1-3-5-17)27-23(16-26-25)19-8-12-21(30)13-9-19/h1-13,23,29-30H,14-16H2,(H,26,28,31). The van der Waals surface area contributed by atoms with Crippen LogP contribution in [-0.2, 0) is 17.6 Å². The third kappa shape index (κ3) is 5.36. The lowest BCUT2D eigenvalue weighted by Gasteiger charge is -2.21. The van der Waals surface area contributed by atoms with Gasteiger partial charge >= 0.3 is 0 Å². The van der Waals surface area contributed by atoms with Gasteiger partial charge in [0.2, 0.25) is 5.91 Å². The number of rotatable bonds is 5. The van der Waals surface area contributed by atoms with E-state index in [0.717, 1.165) is 22.4 Å². The normalized spacial score (nSPS) is 15.7. The first kappa shape index (κ1) is 20.3. The molecule has 4 rings (SSSR count). The highest BCUT2D eigenvalue weighted by Gasteiger charge is 2.22. The van der Waals surface area contributed by atoms with Crippen LogP contribution in [0.15, 0.2) is 88.8 Å². The summed E-state index contributed by atoms with van der Waals surface area (Å²) < 4.78 is 0. The van der Waals surface area contributed by atoms with E-state index in [1.54, 1.807) is 36.4 Å². The van der Waals surface area contributed by atoms with Crippen molar-refractivity contribution in [2.45, 2.75) is 18.9 Å². The van der Waals surface area contributed by atoms with Crippen molar-refractivity contribution in [1.29, 1.82) is 0 Å². The number of nitrogens with one attached hydrogen (secondary N) is 1. The smallest absolute Gasteiger partial charge is 0.229 e. The number of aromatic hydroxyl groups is 2. The summed E-state index contributed by atoms with van der Waals surface area (Å²) in [4.78, 5) is 22.1. The topological polar surface area (TPSA) is 94.3 Å². The van der Waals surface area contributed by atoms with Gasteiger partial charge < -0.3 is 15.5 Å². The maximum Gasteiger partial charge on any atom is 0.229 e. The Kier molecular flexibility index (Phi) is 6.08. The Bertz CT molecular complexity index is 1110. The summed E-state index contributed by atoms with van der Waals surface area (Å²) in [7, 11) is 0. The lowest BCUT2D eigenvalue weighted by molar-refractivity contribution is -0.119. The molecule has 3 N–H and O–H groups in total. The molecule has 0 bridgehead atoms. The van der Waals surface area contributed by atoms with Crippen molar-refractivity contribution < 1.29 is 15.0 Å². The molecular formula is C25H23N3O3. The summed E-state index contributed by atoms with van der Waals surface area (Å²) in [5.74, 6) is 0.674. The average Bonchev–Trinajstić information content (AvgIpc) is 2.78. The van der Waals surface area contributed by atoms with Crippen molar-refractivity contribution in [3.05, 3.63) is 95.6 Å². The molecule has 1 amide bonds. The molecule has 1 heterocycles. The first-order chi connectivity index (χ1) is 15.1. The predicted molar refractivity (Wildman–Crippen MR) is 121 cm³/mol. The van der Waals surface area contributed by atoms with E-state index in [2.05, 4.69) is 10.3 Å². The molecule has 1 atom stereocenters. The number of nitrogens with zero attached hydrogens (tertiary/aromatic N) is 2. The minimum absolute atomic E-state index is 0.165. The minimum atomic E-state index is -0.187. The van der Waals surface area contributed by atoms with Gasteiger partial charge in [0.25, 0.3) is 0 Å². The SMILES string of the molecule is O=C(Cc1ccc(O)cc1)NC1=NCC(c2ccc(O)cc2)N=C1Cc1ccccc1. The second kappa shape index (κ2) is 9.26. The number of phenolic OH excluding ortho intramolecular Hbond substituents is 2. The van der Waals surface area contributed by atoms with Crippen molar-refractivity contribution in [2.75, 3.05) is 6.54 Å². The van der Waals surface area contributed by atoms with Gasteiger partial charge in [-0.3, -0.25) is 14.8 Å². The second-order valence-electron chi connectivity index (χ2n) is 7.43. The van der Waals surface area contributed by atoms with Crippen molar-refractivity contribution in [2.24, 2.45) is 9.98 Å². The number of amides is 1. The molecule has 156 valence electrons. The Morgan fingerprint density at radius 1 is 0.871 bits per heavy atom. The van der Waals surface area contributed by atoms with Gasteiger partial charge in [0.1, 0.15) is 17.3 Å². The van der Waals surface area contributed by atoms with Gasteiger partial charge in [-0.1, -0.05) is 54.6 Å². The molecule has 6 nitrogen and oxygen atoms in total. The summed E-state index contributed by atoms with van der Waals surface area (Å²) in [5.41, 5.74) is 3.56. The van der Waals surface area contributed by atoms with Gasteiger partial charge in [-0.15, -0.1) is 0 Å². The van der Waals surface area contributed by atoms with Crippen LogP contribution in [0.25, 0.3) is 0 Å². The molecule has 0 aliphatic carbocycles. The summed E-state index contributed by atoms with van der Waals surface area (Å²) in [6.45, 7) is 0.415. The molecule has 3 aromatic rings. The highest BCUT2D eigenvalue weighted by Crippen LogP contribution is 2.24. The molecule has 0 saturated heterocycles. The highest BCUT2D eigenvalue weighted by atomic mass is 16.3. The van der Waals surface area contributed by atoms with Crippen molar-refractivity contribution in [3.8, 4) is 11.5 Å². The molecule has 0 fully saturated rings. The van der Waals surface area contributed by atoms with Crippen LogP contribution < -0.4 is 5.32 Å². The zero-order chi connectivity index (χ0) is 21.6. The van der Waals surface area contributed by atoms with Crippen LogP contribution in [0, 0.1) is 0 Å². The maximum absolute atomic E-state index is 12.6. The van der Waals surface area contributed by atoms with Crippen LogP contribution >= 0.6 is 0 Å². The highest BCUT2D eigenvalue weighted by molar-refractivity contribution is 6.44. The minimum Gasteiger partial charge on any atom is -0.508 e. The molecule has 6 heteroatoms. The summed E-state index contributed by atoms with van der Waals surface area (Å²) in [5, 5.41) is 21.9. The quantitative estimate of drug-likeness (QED) is 0.597. The zero-order valence-electron chi connectivity index (χ0n) is 16.9. The van der Waals surface area contributed by atoms with E-state index < -0.39 is 0 Å². The largest absolute Gasteiger partial charge is 0.508 e. The summed E-state index contributed by atoms with van der Waals surface area (Å²) >= 11 is 0. The Morgan fingerprint density at radius 3 is 2.19 bits per heavy atom. The monoisotopic (exact) mass is 413 g/mol. The molecule has 0 radical (unpaired) electrons. The van der Waals surface area contributed by atoms with Crippen LogP contribution in [0.4, 0.5) is 0 Å². The molecule has 1 aliphatic heterocycles. The van der Waals surface area contributed by atoms with Crippen molar-refractivity contribution in [1.82, 2.24) is 5.32 Å². The Morgan fingerprint density at radius 2 is 1.52 bits per heavy atom. The fourth-order valence-corrected chi connectivity index (χ4v) is 3.44. The van der Waals surface area contributed by atoms with Gasteiger partial charge in [0, 0.05) is 6.42 Å². The van der Waals surface area contributed by atoms with Crippen molar-refractivity contribution >= 4 is 17.5 Å². The van der Waals surface area contributed by atoms with Crippen LogP contribution in [0.5, 0.6) is 11.5 Å². The molecule has 0 saturated carbocycles. The number of carbonyl (C=O) groups is 1. The van der Waals surface area contributed by atoms with Gasteiger partial charge in [0.15, 0.2) is 0 Å². The number of hydrogen-bond donors (Lipinski definition) is 3. The lowest BCUT2D eigenvalue weighted by atomic mass is 10.0. The van der Waals surface area contributed by atoms with Gasteiger partial charge in [-0.2, -0.15) is 0 Å². The van der Waals surface area contributed by atoms with Crippen LogP contribution in [0.3, 0.4) is 0 Å². The van der Waals surface area contributed by atoms with E-state index in [0.29, 0.717) is 18.8 Å². The fourth-order valence-electron chi connectivity index (χ4n) is 3.44. The third-order valence-electron chi connectivity index (χ3n) is 5.06. The second-order valence-corrected chi connectivity index (χ2v) is 7.43. The zero-order valence-corrected chi connectivity index (χ0v) is 16.9. The number of carbonyl (C=O) groups excluding carboxylic acids is 1. The van der Waals surface area contributed by atoms with Crippen molar-refractivity contribution in [3.63, 3.8) is 0 Å². The first-order valence-corrected chi connectivity index (χ1v) is 10.1. The van der Waals surface area contributed by atoms with Gasteiger partial charge in [0.05, 0.1) is 24.7 Å². The summed E-state index contributed by atoms with van der Waals surface area (Å²) in [6, 6.07) is 23.3. The Labute approximate surface area is 180 Å². The average molecular weight is 413 g/mol. The number of amidine groups is 1. The third-order valence-corrected chi connectivity index (χ3v) is 5.06. The maximum atomic E-state index is 12.6. The van der Waals surface area contributed by atoms with E-state index in [-0.39, 0.29) is 29.9 Å². The molecule has 0 aromatic heterocycles. The molecule has 31 heavy (non-hydrogen) atoms. The van der Waals surface area contributed by atoms with Crippen LogP contribution in [0.2, 0.25) is 0 Å². The Balaban J connectivity index is 1.53. The van der Waals surface area contributed by atoms with E-state index in [1.807, 2.05) is 42.5 Å². The predicted octanol–water partition coefficient (Wildman–Crippen LogP) is 3.59. The number of aliphatic imine (C=N–C) groups is 2. The number of hydrogen-bond acceptors (Lipinski definition) is 5. The lowest BCUT2D eigenvalue weighted by Crippen LogP contribution is -2.40. The van der Waals surface area contributed by atoms with E-state index in [1.165, 1.54) is 0 Å². The Hall–Kier alpha value is -3.93. The molecule has 0 spiro atoms. The first-order valence-electron chi connectivity index (χ1n) is 10.1. The van der Waals surface area contributed by atoms with E-state index >= 15 is 0 Å². The molecular weight excluding hydrogens is 390 g/mol. The molecule has 1 aliphatic rings. The summed E-state index contributed by atoms with van der Waals surface area (Å²) in [6.07, 6.45) is 0.729. The number of benzene rings is 3. The molecule has 1 unspecified atom stereocenters. The van der Waals surface area contributed by atoms with Crippen LogP contribution in [-0.4, -0.2) is 34.2 Å². The fraction of sp³-hybridized carbons (Fsp3) is 0.160. The number of phenols is 2. The van der Waals surface area contributed by atoms with Gasteiger partial charge in [-0.25, -0.2) is 0 Å². The van der Waals surface area contributed by atoms with Crippen LogP contribution in [0.1, 0.15) is 22.7 Å². The van der Waals surface area contributed by atoms with Gasteiger partial charge in [-0.05, 0) is 41.0 Å². The van der Waals surface area contributed by atoms with E-state index in [4.69, 9.17) is 4.99 Å². The van der Waals surface area contributed by atoms with E-state index in [9.17, 15) is 15.0 Å². The molecule has 3 aromatic carbocycles.